The highest BCUT2D eigenvalue weighted by Gasteiger charge is 2.29. The van der Waals surface area contributed by atoms with E-state index in [1.165, 1.54) is 55.5 Å². The molecule has 23 heavy (non-hydrogen) atoms. The Kier molecular flexibility index (Phi) is 5.22. The lowest BCUT2D eigenvalue weighted by molar-refractivity contribution is 0.243. The Balaban J connectivity index is 1.66. The van der Waals surface area contributed by atoms with Gasteiger partial charge in [0.15, 0.2) is 5.11 Å². The van der Waals surface area contributed by atoms with Gasteiger partial charge in [-0.2, -0.15) is 0 Å². The summed E-state index contributed by atoms with van der Waals surface area (Å²) in [5.41, 5.74) is 4.16. The fourth-order valence-corrected chi connectivity index (χ4v) is 4.12. The molecule has 2 aliphatic heterocycles. The SMILES string of the molecule is Cc1ccc(C2CCCN2C(=S)NC2CCN(C)CC2)cc1C. The molecule has 1 unspecified atom stereocenters. The Bertz CT molecular complexity index is 564. The van der Waals surface area contributed by atoms with Gasteiger partial charge in [-0.1, -0.05) is 18.2 Å². The summed E-state index contributed by atoms with van der Waals surface area (Å²) < 4.78 is 0. The van der Waals surface area contributed by atoms with Crippen LogP contribution in [0.3, 0.4) is 0 Å². The molecule has 0 aromatic heterocycles. The van der Waals surface area contributed by atoms with E-state index in [-0.39, 0.29) is 0 Å². The van der Waals surface area contributed by atoms with Crippen LogP contribution in [-0.4, -0.2) is 47.6 Å². The van der Waals surface area contributed by atoms with E-state index in [9.17, 15) is 0 Å². The average molecular weight is 332 g/mol. The highest BCUT2D eigenvalue weighted by Crippen LogP contribution is 2.33. The van der Waals surface area contributed by atoms with Crippen molar-refractivity contribution in [2.45, 2.75) is 51.6 Å². The zero-order valence-electron chi connectivity index (χ0n) is 14.6. The number of nitrogens with one attached hydrogen (secondary N) is 1. The Morgan fingerprint density at radius 2 is 1.83 bits per heavy atom. The summed E-state index contributed by atoms with van der Waals surface area (Å²) in [7, 11) is 2.20. The third kappa shape index (κ3) is 3.86. The first-order valence-electron chi connectivity index (χ1n) is 8.87. The summed E-state index contributed by atoms with van der Waals surface area (Å²) in [5, 5.41) is 4.60. The second-order valence-electron chi connectivity index (χ2n) is 7.22. The number of aryl methyl sites for hydroxylation is 2. The summed E-state index contributed by atoms with van der Waals surface area (Å²) in [4.78, 5) is 4.81. The van der Waals surface area contributed by atoms with Crippen molar-refractivity contribution in [1.29, 1.82) is 0 Å². The minimum atomic E-state index is 0.445. The van der Waals surface area contributed by atoms with Gasteiger partial charge >= 0.3 is 0 Å². The normalized spacial score (nSPS) is 23.3. The first-order chi connectivity index (χ1) is 11.0. The van der Waals surface area contributed by atoms with E-state index in [0.29, 0.717) is 12.1 Å². The smallest absolute Gasteiger partial charge is 0.169 e. The molecule has 2 heterocycles. The number of benzene rings is 1. The van der Waals surface area contributed by atoms with Crippen LogP contribution in [0.25, 0.3) is 0 Å². The highest BCUT2D eigenvalue weighted by molar-refractivity contribution is 7.80. The number of thiocarbonyl (C=S) groups is 1. The zero-order valence-corrected chi connectivity index (χ0v) is 15.5. The molecule has 0 aliphatic carbocycles. The molecule has 1 aromatic carbocycles. The van der Waals surface area contributed by atoms with E-state index in [1.807, 2.05) is 0 Å². The predicted molar refractivity (Wildman–Crippen MR) is 101 cm³/mol. The van der Waals surface area contributed by atoms with E-state index in [0.717, 1.165) is 11.7 Å². The summed E-state index contributed by atoms with van der Waals surface area (Å²) >= 11 is 5.76. The molecule has 4 heteroatoms. The van der Waals surface area contributed by atoms with Crippen LogP contribution in [0.1, 0.15) is 48.4 Å². The molecule has 1 N–H and O–H groups in total. The average Bonchev–Trinajstić information content (AvgIpc) is 3.02. The molecule has 2 aliphatic rings. The first-order valence-corrected chi connectivity index (χ1v) is 9.28. The van der Waals surface area contributed by atoms with Gasteiger partial charge in [0, 0.05) is 12.6 Å². The summed E-state index contributed by atoms with van der Waals surface area (Å²) in [6.07, 6.45) is 4.82. The van der Waals surface area contributed by atoms with Crippen molar-refractivity contribution in [1.82, 2.24) is 15.1 Å². The first kappa shape index (κ1) is 16.7. The number of piperidine rings is 1. The Morgan fingerprint density at radius 3 is 2.52 bits per heavy atom. The maximum absolute atomic E-state index is 5.76. The number of likely N-dealkylation sites (tertiary alicyclic amines) is 2. The predicted octanol–water partition coefficient (Wildman–Crippen LogP) is 3.41. The highest BCUT2D eigenvalue weighted by atomic mass is 32.1. The molecule has 1 atom stereocenters. The molecule has 0 saturated carbocycles. The lowest BCUT2D eigenvalue weighted by Crippen LogP contribution is -2.48. The monoisotopic (exact) mass is 331 g/mol. The number of nitrogens with zero attached hydrogens (tertiary/aromatic N) is 2. The quantitative estimate of drug-likeness (QED) is 0.837. The largest absolute Gasteiger partial charge is 0.360 e. The van der Waals surface area contributed by atoms with Gasteiger partial charge < -0.3 is 15.1 Å². The van der Waals surface area contributed by atoms with Crippen molar-refractivity contribution < 1.29 is 0 Å². The summed E-state index contributed by atoms with van der Waals surface area (Å²) in [5.74, 6) is 0. The fraction of sp³-hybridized carbons (Fsp3) is 0.632. The number of rotatable bonds is 2. The zero-order chi connectivity index (χ0) is 16.4. The van der Waals surface area contributed by atoms with E-state index >= 15 is 0 Å². The molecule has 3 rings (SSSR count). The van der Waals surface area contributed by atoms with Gasteiger partial charge in [0.1, 0.15) is 0 Å². The minimum Gasteiger partial charge on any atom is -0.360 e. The van der Waals surface area contributed by atoms with E-state index in [1.54, 1.807) is 0 Å². The second-order valence-corrected chi connectivity index (χ2v) is 7.61. The molecule has 3 nitrogen and oxygen atoms in total. The molecular weight excluding hydrogens is 302 g/mol. The molecule has 126 valence electrons. The standard InChI is InChI=1S/C19H29N3S/c1-14-6-7-16(13-15(14)2)18-5-4-10-22(18)19(23)20-17-8-11-21(3)12-9-17/h6-7,13,17-18H,4-5,8-12H2,1-3H3,(H,20,23). The molecule has 2 saturated heterocycles. The van der Waals surface area contributed by atoms with Gasteiger partial charge in [-0.25, -0.2) is 0 Å². The van der Waals surface area contributed by atoms with E-state index < -0.39 is 0 Å². The molecular formula is C19H29N3S. The third-order valence-electron chi connectivity index (χ3n) is 5.48. The second kappa shape index (κ2) is 7.18. The number of hydrogen-bond donors (Lipinski definition) is 1. The number of hydrogen-bond acceptors (Lipinski definition) is 2. The van der Waals surface area contributed by atoms with Crippen LogP contribution in [-0.2, 0) is 0 Å². The minimum absolute atomic E-state index is 0.445. The third-order valence-corrected chi connectivity index (χ3v) is 5.83. The molecule has 0 bridgehead atoms. The van der Waals surface area contributed by atoms with Crippen molar-refractivity contribution in [2.75, 3.05) is 26.7 Å². The molecule has 0 spiro atoms. The van der Waals surface area contributed by atoms with E-state index in [4.69, 9.17) is 12.2 Å². The lowest BCUT2D eigenvalue weighted by atomic mass is 9.99. The topological polar surface area (TPSA) is 18.5 Å². The fourth-order valence-electron chi connectivity index (χ4n) is 3.74. The van der Waals surface area contributed by atoms with Gasteiger partial charge in [-0.3, -0.25) is 0 Å². The van der Waals surface area contributed by atoms with Crippen molar-refractivity contribution in [2.24, 2.45) is 0 Å². The van der Waals surface area contributed by atoms with Gasteiger partial charge in [0.25, 0.3) is 0 Å². The van der Waals surface area contributed by atoms with Crippen molar-refractivity contribution >= 4 is 17.3 Å². The van der Waals surface area contributed by atoms with Crippen LogP contribution >= 0.6 is 12.2 Å². The maximum Gasteiger partial charge on any atom is 0.169 e. The summed E-state index contributed by atoms with van der Waals surface area (Å²) in [6.45, 7) is 7.79. The van der Waals surface area contributed by atoms with Gasteiger partial charge in [-0.15, -0.1) is 0 Å². The van der Waals surface area contributed by atoms with Gasteiger partial charge in [0.2, 0.25) is 0 Å². The summed E-state index contributed by atoms with van der Waals surface area (Å²) in [6, 6.07) is 7.86. The molecule has 0 radical (unpaired) electrons. The Morgan fingerprint density at radius 1 is 1.09 bits per heavy atom. The molecule has 0 amide bonds. The van der Waals surface area contributed by atoms with Crippen LogP contribution in [0.5, 0.6) is 0 Å². The molecule has 1 aromatic rings. The van der Waals surface area contributed by atoms with Crippen molar-refractivity contribution in [3.63, 3.8) is 0 Å². The van der Waals surface area contributed by atoms with Crippen LogP contribution < -0.4 is 5.32 Å². The Labute approximate surface area is 146 Å². The lowest BCUT2D eigenvalue weighted by Gasteiger charge is -2.34. The van der Waals surface area contributed by atoms with Crippen molar-refractivity contribution in [3.05, 3.63) is 34.9 Å². The van der Waals surface area contributed by atoms with Gasteiger partial charge in [-0.05, 0) is 88.6 Å². The van der Waals surface area contributed by atoms with Crippen molar-refractivity contribution in [3.8, 4) is 0 Å². The van der Waals surface area contributed by atoms with Crippen LogP contribution in [0.15, 0.2) is 18.2 Å². The Hall–Kier alpha value is -1.13. The van der Waals surface area contributed by atoms with E-state index in [2.05, 4.69) is 54.2 Å². The maximum atomic E-state index is 5.76. The van der Waals surface area contributed by atoms with Crippen LogP contribution in [0.2, 0.25) is 0 Å². The molecule has 2 fully saturated rings. The van der Waals surface area contributed by atoms with Gasteiger partial charge in [0.05, 0.1) is 6.04 Å². The van der Waals surface area contributed by atoms with Crippen LogP contribution in [0, 0.1) is 13.8 Å². The van der Waals surface area contributed by atoms with Crippen LogP contribution in [0.4, 0.5) is 0 Å².